The second-order valence-electron chi connectivity index (χ2n) is 2.86. The molecule has 0 radical (unpaired) electrons. The van der Waals surface area contributed by atoms with Gasteiger partial charge in [0.2, 0.25) is 0 Å². The average molecular weight is 334 g/mol. The van der Waals surface area contributed by atoms with Gasteiger partial charge in [0.15, 0.2) is 11.6 Å². The van der Waals surface area contributed by atoms with Gasteiger partial charge in [0.25, 0.3) is 0 Å². The van der Waals surface area contributed by atoms with Crippen molar-refractivity contribution in [3.8, 4) is 11.8 Å². The summed E-state index contributed by atoms with van der Waals surface area (Å²) in [5.41, 5.74) is 0. The number of hydrogen-bond donors (Lipinski definition) is 0. The third kappa shape index (κ3) is 2.63. The normalized spacial score (nSPS) is 10.2. The molecule has 1 aromatic heterocycles. The smallest absolute Gasteiger partial charge is 0.321 e. The minimum atomic E-state index is -0.969. The van der Waals surface area contributed by atoms with Crippen LogP contribution in [0.1, 0.15) is 0 Å². The second kappa shape index (κ2) is 4.69. The largest absolute Gasteiger partial charge is 0.424 e. The highest BCUT2D eigenvalue weighted by Crippen LogP contribution is 2.20. The Morgan fingerprint density at radius 3 is 2.38 bits per heavy atom. The fourth-order valence-corrected chi connectivity index (χ4v) is 1.28. The lowest BCUT2D eigenvalue weighted by atomic mass is 10.3. The fraction of sp³-hybridized carbons (Fsp3) is 0. The van der Waals surface area contributed by atoms with E-state index in [0.29, 0.717) is 0 Å². The van der Waals surface area contributed by atoms with E-state index in [1.807, 2.05) is 22.6 Å². The molecule has 0 saturated carbocycles. The van der Waals surface area contributed by atoms with Crippen molar-refractivity contribution in [3.05, 3.63) is 45.8 Å². The van der Waals surface area contributed by atoms with Crippen LogP contribution >= 0.6 is 22.6 Å². The van der Waals surface area contributed by atoms with E-state index < -0.39 is 11.6 Å². The van der Waals surface area contributed by atoms with E-state index in [0.717, 1.165) is 15.7 Å². The van der Waals surface area contributed by atoms with Crippen molar-refractivity contribution in [2.75, 3.05) is 0 Å². The summed E-state index contributed by atoms with van der Waals surface area (Å²) < 4.78 is 31.5. The molecule has 0 unspecified atom stereocenters. The van der Waals surface area contributed by atoms with E-state index in [2.05, 4.69) is 9.97 Å². The summed E-state index contributed by atoms with van der Waals surface area (Å²) in [5.74, 6) is -1.74. The minimum absolute atomic E-state index is 0.0893. The molecule has 0 spiro atoms. The summed E-state index contributed by atoms with van der Waals surface area (Å²) in [4.78, 5) is 7.74. The first-order valence-electron chi connectivity index (χ1n) is 4.25. The first-order valence-corrected chi connectivity index (χ1v) is 5.33. The third-order valence-electron chi connectivity index (χ3n) is 1.70. The molecule has 2 aromatic rings. The van der Waals surface area contributed by atoms with Crippen molar-refractivity contribution in [3.63, 3.8) is 0 Å². The molecule has 6 heteroatoms. The summed E-state index contributed by atoms with van der Waals surface area (Å²) in [6.07, 6.45) is 3.12. The van der Waals surface area contributed by atoms with Gasteiger partial charge in [0.05, 0.1) is 0 Å². The van der Waals surface area contributed by atoms with Gasteiger partial charge in [-0.25, -0.2) is 18.7 Å². The predicted octanol–water partition coefficient (Wildman–Crippen LogP) is 3.15. The molecule has 2 rings (SSSR count). The molecule has 0 N–H and O–H groups in total. The van der Waals surface area contributed by atoms with E-state index in [4.69, 9.17) is 4.74 Å². The molecule has 0 saturated heterocycles. The van der Waals surface area contributed by atoms with Gasteiger partial charge in [0.1, 0.15) is 5.75 Å². The Bertz CT molecular complexity index is 505. The van der Waals surface area contributed by atoms with Gasteiger partial charge in [-0.2, -0.15) is 0 Å². The van der Waals surface area contributed by atoms with E-state index >= 15 is 0 Å². The van der Waals surface area contributed by atoms with Crippen LogP contribution in [0.15, 0.2) is 30.6 Å². The highest BCUT2D eigenvalue weighted by Gasteiger charge is 2.05. The van der Waals surface area contributed by atoms with Crippen molar-refractivity contribution in [2.24, 2.45) is 0 Å². The van der Waals surface area contributed by atoms with Crippen molar-refractivity contribution < 1.29 is 13.5 Å². The van der Waals surface area contributed by atoms with Crippen molar-refractivity contribution in [2.45, 2.75) is 0 Å². The first kappa shape index (κ1) is 11.2. The van der Waals surface area contributed by atoms with Crippen LogP contribution in [-0.2, 0) is 0 Å². The maximum atomic E-state index is 12.8. The van der Waals surface area contributed by atoms with Crippen LogP contribution in [-0.4, -0.2) is 9.97 Å². The molecule has 82 valence electrons. The maximum Gasteiger partial charge on any atom is 0.321 e. The molecule has 0 atom stereocenters. The summed E-state index contributed by atoms with van der Waals surface area (Å²) in [5, 5.41) is 0. The van der Waals surface area contributed by atoms with Crippen molar-refractivity contribution in [1.82, 2.24) is 9.97 Å². The van der Waals surface area contributed by atoms with Gasteiger partial charge in [-0.3, -0.25) is 0 Å². The van der Waals surface area contributed by atoms with Crippen molar-refractivity contribution >= 4 is 22.6 Å². The number of ether oxygens (including phenoxy) is 1. The lowest BCUT2D eigenvalue weighted by Gasteiger charge is -2.03. The lowest BCUT2D eigenvalue weighted by molar-refractivity contribution is 0.430. The van der Waals surface area contributed by atoms with Crippen LogP contribution in [0.25, 0.3) is 0 Å². The Hall–Kier alpha value is -1.31. The molecule has 0 bridgehead atoms. The SMILES string of the molecule is Fc1ccc(Oc2ncc(I)cn2)cc1F. The summed E-state index contributed by atoms with van der Waals surface area (Å²) >= 11 is 2.05. The van der Waals surface area contributed by atoms with Crippen LogP contribution in [0.4, 0.5) is 8.78 Å². The van der Waals surface area contributed by atoms with E-state index in [-0.39, 0.29) is 11.8 Å². The fourth-order valence-electron chi connectivity index (χ4n) is 0.999. The number of nitrogens with zero attached hydrogens (tertiary/aromatic N) is 2. The molecular weight excluding hydrogens is 329 g/mol. The monoisotopic (exact) mass is 334 g/mol. The molecule has 1 heterocycles. The van der Waals surface area contributed by atoms with Gasteiger partial charge in [-0.05, 0) is 34.7 Å². The second-order valence-corrected chi connectivity index (χ2v) is 4.11. The number of aromatic nitrogens is 2. The Labute approximate surface area is 104 Å². The number of benzene rings is 1. The lowest BCUT2D eigenvalue weighted by Crippen LogP contribution is -1.93. The molecular formula is C10H5F2IN2O. The highest BCUT2D eigenvalue weighted by atomic mass is 127. The summed E-state index contributed by atoms with van der Waals surface area (Å²) in [6.45, 7) is 0. The molecule has 3 nitrogen and oxygen atoms in total. The molecule has 0 amide bonds. The van der Waals surface area contributed by atoms with Crippen LogP contribution < -0.4 is 4.74 Å². The summed E-state index contributed by atoms with van der Waals surface area (Å²) in [7, 11) is 0. The zero-order valence-corrected chi connectivity index (χ0v) is 9.98. The third-order valence-corrected chi connectivity index (χ3v) is 2.25. The highest BCUT2D eigenvalue weighted by molar-refractivity contribution is 14.1. The quantitative estimate of drug-likeness (QED) is 0.792. The van der Waals surface area contributed by atoms with Crippen LogP contribution in [0, 0.1) is 15.2 Å². The van der Waals surface area contributed by atoms with Gasteiger partial charge in [0, 0.05) is 22.0 Å². The number of rotatable bonds is 2. The zero-order chi connectivity index (χ0) is 11.5. The molecule has 0 aliphatic carbocycles. The van der Waals surface area contributed by atoms with Crippen LogP contribution in [0.3, 0.4) is 0 Å². The molecule has 0 aliphatic rings. The first-order chi connectivity index (χ1) is 7.65. The van der Waals surface area contributed by atoms with Gasteiger partial charge >= 0.3 is 6.01 Å². The Morgan fingerprint density at radius 2 is 1.75 bits per heavy atom. The van der Waals surface area contributed by atoms with E-state index in [1.165, 1.54) is 6.07 Å². The van der Waals surface area contributed by atoms with E-state index in [9.17, 15) is 8.78 Å². The summed E-state index contributed by atoms with van der Waals surface area (Å²) in [6, 6.07) is 3.32. The molecule has 0 fully saturated rings. The Morgan fingerprint density at radius 1 is 1.06 bits per heavy atom. The number of halogens is 3. The van der Waals surface area contributed by atoms with Gasteiger partial charge in [-0.15, -0.1) is 0 Å². The van der Waals surface area contributed by atoms with E-state index in [1.54, 1.807) is 12.4 Å². The maximum absolute atomic E-state index is 12.8. The van der Waals surface area contributed by atoms with Crippen LogP contribution in [0.5, 0.6) is 11.8 Å². The van der Waals surface area contributed by atoms with Crippen LogP contribution in [0.2, 0.25) is 0 Å². The predicted molar refractivity (Wildman–Crippen MR) is 61.2 cm³/mol. The standard InChI is InChI=1S/C10H5F2IN2O/c11-8-2-1-7(3-9(8)12)16-10-14-4-6(13)5-15-10/h1-5H. The zero-order valence-electron chi connectivity index (χ0n) is 7.82. The number of hydrogen-bond acceptors (Lipinski definition) is 3. The molecule has 16 heavy (non-hydrogen) atoms. The Kier molecular flexibility index (Phi) is 3.28. The van der Waals surface area contributed by atoms with Crippen molar-refractivity contribution in [1.29, 1.82) is 0 Å². The topological polar surface area (TPSA) is 35.0 Å². The van der Waals surface area contributed by atoms with Gasteiger partial charge in [-0.1, -0.05) is 0 Å². The van der Waals surface area contributed by atoms with Gasteiger partial charge < -0.3 is 4.74 Å². The minimum Gasteiger partial charge on any atom is -0.424 e. The molecule has 0 aliphatic heterocycles. The average Bonchev–Trinajstić information content (AvgIpc) is 2.27. The Balaban J connectivity index is 2.20. The molecule has 1 aromatic carbocycles.